The average Bonchev–Trinajstić information content (AvgIpc) is 3.19. The van der Waals surface area contributed by atoms with E-state index in [0.29, 0.717) is 38.0 Å². The largest absolute Gasteiger partial charge is 0.443 e. The number of halogens is 1. The molecule has 4 aromatic rings. The number of hydrogen-bond donors (Lipinski definition) is 2. The summed E-state index contributed by atoms with van der Waals surface area (Å²) in [5.74, 6) is 0.583. The minimum absolute atomic E-state index is 0.166. The van der Waals surface area contributed by atoms with Crippen molar-refractivity contribution in [3.8, 4) is 0 Å². The highest BCUT2D eigenvalue weighted by molar-refractivity contribution is 7.98. The molecule has 30 heavy (non-hydrogen) atoms. The lowest BCUT2D eigenvalue weighted by atomic mass is 10.2. The van der Waals surface area contributed by atoms with E-state index in [-0.39, 0.29) is 5.09 Å². The lowest BCUT2D eigenvalue weighted by molar-refractivity contribution is -0.379. The van der Waals surface area contributed by atoms with E-state index in [1.54, 1.807) is 48.5 Å². The first kappa shape index (κ1) is 20.5. The quantitative estimate of drug-likeness (QED) is 0.392. The summed E-state index contributed by atoms with van der Waals surface area (Å²) in [6.45, 7) is 0. The van der Waals surface area contributed by atoms with Gasteiger partial charge in [-0.05, 0) is 29.8 Å². The van der Waals surface area contributed by atoms with Gasteiger partial charge in [-0.2, -0.15) is 8.42 Å². The van der Waals surface area contributed by atoms with Gasteiger partial charge in [0.15, 0.2) is 0 Å². The molecule has 2 N–H and O–H groups in total. The van der Waals surface area contributed by atoms with Gasteiger partial charge in [-0.1, -0.05) is 41.9 Å². The highest BCUT2D eigenvalue weighted by Gasteiger charge is 2.21. The highest BCUT2D eigenvalue weighted by atomic mass is 35.5. The molecule has 0 spiro atoms. The van der Waals surface area contributed by atoms with Gasteiger partial charge in [0.05, 0.1) is 5.69 Å². The summed E-state index contributed by atoms with van der Waals surface area (Å²) in [4.78, 5) is 11.4. The molecule has 0 aliphatic heterocycles. The Labute approximate surface area is 182 Å². The summed E-state index contributed by atoms with van der Waals surface area (Å²) >= 11 is 7.55. The van der Waals surface area contributed by atoms with Crippen LogP contribution >= 0.6 is 23.4 Å². The zero-order chi connectivity index (χ0) is 21.1. The van der Waals surface area contributed by atoms with E-state index < -0.39 is 10.0 Å². The van der Waals surface area contributed by atoms with Crippen molar-refractivity contribution in [1.82, 2.24) is 0 Å². The molecule has 9 heteroatoms. The van der Waals surface area contributed by atoms with Crippen LogP contribution < -0.4 is 9.90 Å². The summed E-state index contributed by atoms with van der Waals surface area (Å²) < 4.78 is 33.9. The number of nitrogens with one attached hydrogen (secondary N) is 2. The van der Waals surface area contributed by atoms with Crippen LogP contribution in [0.3, 0.4) is 0 Å². The topological polar surface area (TPSA) is 90.4 Å². The number of sulfonamides is 1. The monoisotopic (exact) mass is 459 g/mol. The molecule has 0 amide bonds. The molecule has 0 aliphatic rings. The minimum atomic E-state index is -3.94. The fraction of sp³-hybridized carbons (Fsp3) is 0.0476. The van der Waals surface area contributed by atoms with Gasteiger partial charge in [0.2, 0.25) is 5.09 Å². The van der Waals surface area contributed by atoms with Crippen molar-refractivity contribution in [3.63, 3.8) is 0 Å². The highest BCUT2D eigenvalue weighted by Crippen LogP contribution is 2.34. The number of nitroso groups, excluding NO2 is 1. The molecule has 152 valence electrons. The van der Waals surface area contributed by atoms with Crippen LogP contribution in [-0.4, -0.2) is 8.42 Å². The molecule has 0 atom stereocenters. The first-order valence-corrected chi connectivity index (χ1v) is 11.7. The Hall–Kier alpha value is -2.81. The summed E-state index contributed by atoms with van der Waals surface area (Å²) in [6, 6.07) is 20.6. The second-order valence-electron chi connectivity index (χ2n) is 6.44. The molecular weight excluding hydrogens is 444 g/mol. The number of thioether (sulfide) groups is 1. The third-order valence-corrected chi connectivity index (χ3v) is 6.92. The molecule has 1 heterocycles. The third kappa shape index (κ3) is 4.51. The molecule has 1 aromatic heterocycles. The van der Waals surface area contributed by atoms with E-state index in [1.807, 2.05) is 23.4 Å². The standard InChI is InChI=1S/C21H15ClN2O4S2/c22-16-7-10-20(29-13-14-5-8-17(23-25)9-6-14)18(12-16)24-30(26,27)21-11-15-3-1-2-4-19(15)28-21/h1-12,24H,13H2/p+1. The predicted octanol–water partition coefficient (Wildman–Crippen LogP) is 4.66. The van der Waals surface area contributed by atoms with Crippen molar-refractivity contribution in [2.45, 2.75) is 15.7 Å². The molecule has 0 bridgehead atoms. The Bertz CT molecular complexity index is 1290. The molecule has 3 aromatic carbocycles. The summed E-state index contributed by atoms with van der Waals surface area (Å²) in [5, 5.41) is 2.78. The number of benzene rings is 3. The first-order chi connectivity index (χ1) is 14.4. The van der Waals surface area contributed by atoms with Gasteiger partial charge in [0, 0.05) is 49.3 Å². The second-order valence-corrected chi connectivity index (χ2v) is 9.50. The van der Waals surface area contributed by atoms with Crippen molar-refractivity contribution in [2.75, 3.05) is 4.72 Å². The van der Waals surface area contributed by atoms with Crippen molar-refractivity contribution in [2.24, 2.45) is 0 Å². The predicted molar refractivity (Wildman–Crippen MR) is 118 cm³/mol. The van der Waals surface area contributed by atoms with E-state index in [9.17, 15) is 13.3 Å². The second kappa shape index (κ2) is 8.51. The number of furan rings is 1. The Morgan fingerprint density at radius 2 is 1.77 bits per heavy atom. The minimum Gasteiger partial charge on any atom is -0.443 e. The Kier molecular flexibility index (Phi) is 5.80. The van der Waals surface area contributed by atoms with Gasteiger partial charge >= 0.3 is 0 Å². The zero-order valence-electron chi connectivity index (χ0n) is 15.5. The first-order valence-electron chi connectivity index (χ1n) is 8.85. The molecule has 6 nitrogen and oxygen atoms in total. The molecule has 4 rings (SSSR count). The maximum absolute atomic E-state index is 12.9. The van der Waals surface area contributed by atoms with Crippen LogP contribution in [0.5, 0.6) is 0 Å². The maximum atomic E-state index is 12.9. The number of rotatable bonds is 7. The van der Waals surface area contributed by atoms with Crippen LogP contribution in [0.25, 0.3) is 11.0 Å². The average molecular weight is 460 g/mol. The lowest BCUT2D eigenvalue weighted by Crippen LogP contribution is -2.55. The van der Waals surface area contributed by atoms with Crippen LogP contribution in [0.15, 0.2) is 87.2 Å². The van der Waals surface area contributed by atoms with Crippen LogP contribution in [0.4, 0.5) is 11.4 Å². The molecule has 0 unspecified atom stereocenters. The van der Waals surface area contributed by atoms with E-state index in [2.05, 4.69) is 4.72 Å². The van der Waals surface area contributed by atoms with E-state index in [1.165, 1.54) is 17.8 Å². The number of anilines is 1. The van der Waals surface area contributed by atoms with Crippen molar-refractivity contribution >= 4 is 55.7 Å². The van der Waals surface area contributed by atoms with Crippen LogP contribution in [0.2, 0.25) is 5.02 Å². The Morgan fingerprint density at radius 1 is 1.00 bits per heavy atom. The van der Waals surface area contributed by atoms with Crippen molar-refractivity contribution in [1.29, 1.82) is 0 Å². The third-order valence-electron chi connectivity index (χ3n) is 4.32. The van der Waals surface area contributed by atoms with Gasteiger partial charge in [0.1, 0.15) is 5.58 Å². The summed E-state index contributed by atoms with van der Waals surface area (Å²) in [5.41, 5.74) is 2.33. The molecular formula is C21H16ClN2O4S2+. The van der Waals surface area contributed by atoms with Crippen molar-refractivity contribution in [3.05, 3.63) is 88.3 Å². The number of fused-ring (bicyclic) bond motifs is 1. The molecule has 0 saturated carbocycles. The Balaban J connectivity index is 1.58. The summed E-state index contributed by atoms with van der Waals surface area (Å²) in [6.07, 6.45) is 0. The number of hydrogen-bond acceptors (Lipinski definition) is 5. The fourth-order valence-corrected chi connectivity index (χ4v) is 5.04. The van der Waals surface area contributed by atoms with Gasteiger partial charge in [-0.3, -0.25) is 4.72 Å². The molecule has 0 radical (unpaired) electrons. The van der Waals surface area contributed by atoms with E-state index in [0.717, 1.165) is 5.56 Å². The zero-order valence-corrected chi connectivity index (χ0v) is 17.9. The maximum Gasteiger partial charge on any atom is 0.295 e. The lowest BCUT2D eigenvalue weighted by Gasteiger charge is -2.12. The van der Waals surface area contributed by atoms with Gasteiger partial charge in [0.25, 0.3) is 15.7 Å². The Morgan fingerprint density at radius 3 is 2.50 bits per heavy atom. The van der Waals surface area contributed by atoms with Crippen LogP contribution in [-0.2, 0) is 15.8 Å². The molecule has 0 fully saturated rings. The van der Waals surface area contributed by atoms with Crippen molar-refractivity contribution < 1.29 is 18.0 Å². The van der Waals surface area contributed by atoms with Gasteiger partial charge in [-0.25, -0.2) is 0 Å². The van der Waals surface area contributed by atoms with E-state index in [4.69, 9.17) is 16.0 Å². The molecule has 0 aliphatic carbocycles. The smallest absolute Gasteiger partial charge is 0.295 e. The van der Waals surface area contributed by atoms with Crippen LogP contribution in [0.1, 0.15) is 5.56 Å². The van der Waals surface area contributed by atoms with Crippen LogP contribution in [0, 0.1) is 4.91 Å². The van der Waals surface area contributed by atoms with Gasteiger partial charge < -0.3 is 4.42 Å². The normalized spacial score (nSPS) is 11.5. The number of para-hydroxylation sites is 1. The SMILES string of the molecule is O=[NH+]c1ccc(CSc2ccc(Cl)cc2NS(=O)(=O)c2cc3ccccc3o2)cc1. The fourth-order valence-electron chi connectivity index (χ4n) is 2.82. The summed E-state index contributed by atoms with van der Waals surface area (Å²) in [7, 11) is -3.94. The molecule has 0 saturated heterocycles. The van der Waals surface area contributed by atoms with Gasteiger partial charge in [-0.15, -0.1) is 11.8 Å². The van der Waals surface area contributed by atoms with E-state index >= 15 is 0 Å².